The molecule has 1 unspecified atom stereocenters. The Balaban J connectivity index is 1.71. The molecule has 0 saturated carbocycles. The second-order valence-corrected chi connectivity index (χ2v) is 7.62. The van der Waals surface area contributed by atoms with Crippen molar-refractivity contribution in [3.05, 3.63) is 42.7 Å². The molecule has 0 spiro atoms. The maximum absolute atomic E-state index is 12.4. The van der Waals surface area contributed by atoms with E-state index in [-0.39, 0.29) is 5.91 Å². The molecule has 1 aliphatic rings. The van der Waals surface area contributed by atoms with Gasteiger partial charge < -0.3 is 5.32 Å². The number of rotatable bonds is 4. The average Bonchev–Trinajstić information content (AvgIpc) is 3.06. The first-order chi connectivity index (χ1) is 11.4. The first-order valence-corrected chi connectivity index (χ1v) is 9.45. The topological polar surface area (TPSA) is 92.3 Å². The number of hydrogen-bond acceptors (Lipinski definition) is 5. The van der Waals surface area contributed by atoms with E-state index in [1.807, 2.05) is 30.3 Å². The number of nitrogens with one attached hydrogen (secondary N) is 1. The summed E-state index contributed by atoms with van der Waals surface area (Å²) in [5, 5.41) is 2.69. The van der Waals surface area contributed by atoms with Gasteiger partial charge in [-0.2, -0.15) is 4.31 Å². The van der Waals surface area contributed by atoms with E-state index in [1.54, 1.807) is 0 Å². The summed E-state index contributed by atoms with van der Waals surface area (Å²) in [7, 11) is -3.39. The van der Waals surface area contributed by atoms with Crippen LogP contribution in [-0.2, 0) is 14.8 Å². The van der Waals surface area contributed by atoms with Crippen LogP contribution in [0.5, 0.6) is 0 Å². The monoisotopic (exact) mass is 346 g/mol. The van der Waals surface area contributed by atoms with Crippen LogP contribution in [0.3, 0.4) is 0 Å². The minimum atomic E-state index is -3.39. The molecule has 1 amide bonds. The Labute approximate surface area is 140 Å². The molecule has 2 aromatic rings. The first-order valence-electron chi connectivity index (χ1n) is 7.60. The van der Waals surface area contributed by atoms with E-state index in [9.17, 15) is 13.2 Å². The minimum absolute atomic E-state index is 0.353. The SMILES string of the molecule is CS(=O)(=O)N1CCCC1C(=O)Nc1cnc(-c2ccccc2)nc1. The normalized spacial score (nSPS) is 18.5. The molecule has 1 N–H and O–H groups in total. The third kappa shape index (κ3) is 3.60. The molecular weight excluding hydrogens is 328 g/mol. The summed E-state index contributed by atoms with van der Waals surface area (Å²) in [6.45, 7) is 0.375. The summed E-state index contributed by atoms with van der Waals surface area (Å²) < 4.78 is 24.7. The number of carbonyl (C=O) groups is 1. The van der Waals surface area contributed by atoms with Crippen LogP contribution in [-0.4, -0.2) is 47.4 Å². The van der Waals surface area contributed by atoms with Crippen molar-refractivity contribution in [3.8, 4) is 11.4 Å². The summed E-state index contributed by atoms with van der Waals surface area (Å²) >= 11 is 0. The zero-order chi connectivity index (χ0) is 17.2. The number of amides is 1. The van der Waals surface area contributed by atoms with Gasteiger partial charge in [-0.1, -0.05) is 30.3 Å². The van der Waals surface area contributed by atoms with Crippen molar-refractivity contribution >= 4 is 21.6 Å². The van der Waals surface area contributed by atoms with Gasteiger partial charge in [0.1, 0.15) is 6.04 Å². The lowest BCUT2D eigenvalue weighted by Crippen LogP contribution is -2.42. The Kier molecular flexibility index (Phi) is 4.59. The fourth-order valence-corrected chi connectivity index (χ4v) is 3.88. The highest BCUT2D eigenvalue weighted by Gasteiger charge is 2.36. The van der Waals surface area contributed by atoms with Crippen LogP contribution in [0.4, 0.5) is 5.69 Å². The molecule has 1 saturated heterocycles. The van der Waals surface area contributed by atoms with Gasteiger partial charge in [0.05, 0.1) is 24.3 Å². The van der Waals surface area contributed by atoms with Crippen LogP contribution in [0.15, 0.2) is 42.7 Å². The van der Waals surface area contributed by atoms with E-state index in [4.69, 9.17) is 0 Å². The van der Waals surface area contributed by atoms with Crippen LogP contribution in [0.1, 0.15) is 12.8 Å². The highest BCUT2D eigenvalue weighted by atomic mass is 32.2. The molecule has 1 fully saturated rings. The fourth-order valence-electron chi connectivity index (χ4n) is 2.75. The van der Waals surface area contributed by atoms with E-state index in [2.05, 4.69) is 15.3 Å². The van der Waals surface area contributed by atoms with Crippen LogP contribution in [0.2, 0.25) is 0 Å². The molecule has 8 heteroatoms. The molecule has 0 bridgehead atoms. The lowest BCUT2D eigenvalue weighted by molar-refractivity contribution is -0.119. The maximum Gasteiger partial charge on any atom is 0.242 e. The number of carbonyl (C=O) groups excluding carboxylic acids is 1. The van der Waals surface area contributed by atoms with Gasteiger partial charge in [-0.3, -0.25) is 4.79 Å². The van der Waals surface area contributed by atoms with Gasteiger partial charge in [0.25, 0.3) is 0 Å². The Hall–Kier alpha value is -2.32. The lowest BCUT2D eigenvalue weighted by Gasteiger charge is -2.21. The highest BCUT2D eigenvalue weighted by Crippen LogP contribution is 2.22. The van der Waals surface area contributed by atoms with Crippen molar-refractivity contribution in [1.29, 1.82) is 0 Å². The van der Waals surface area contributed by atoms with E-state index in [0.717, 1.165) is 11.8 Å². The molecule has 1 aromatic carbocycles. The molecule has 3 rings (SSSR count). The molecule has 2 heterocycles. The standard InChI is InChI=1S/C16H18N4O3S/c1-24(22,23)20-9-5-8-14(20)16(21)19-13-10-17-15(18-11-13)12-6-3-2-4-7-12/h2-4,6-7,10-11,14H,5,8-9H2,1H3,(H,19,21). The van der Waals surface area contributed by atoms with Crippen molar-refractivity contribution in [3.63, 3.8) is 0 Å². The molecular formula is C16H18N4O3S. The van der Waals surface area contributed by atoms with Gasteiger partial charge in [0.2, 0.25) is 15.9 Å². The quantitative estimate of drug-likeness (QED) is 0.906. The van der Waals surface area contributed by atoms with Gasteiger partial charge in [-0.05, 0) is 12.8 Å². The third-order valence-electron chi connectivity index (χ3n) is 3.88. The van der Waals surface area contributed by atoms with Crippen molar-refractivity contribution in [2.24, 2.45) is 0 Å². The largest absolute Gasteiger partial charge is 0.322 e. The van der Waals surface area contributed by atoms with Gasteiger partial charge in [-0.25, -0.2) is 18.4 Å². The van der Waals surface area contributed by atoms with E-state index < -0.39 is 16.1 Å². The zero-order valence-electron chi connectivity index (χ0n) is 13.2. The maximum atomic E-state index is 12.4. The molecule has 0 aliphatic carbocycles. The van der Waals surface area contributed by atoms with Crippen molar-refractivity contribution < 1.29 is 13.2 Å². The zero-order valence-corrected chi connectivity index (χ0v) is 14.0. The second kappa shape index (κ2) is 6.66. The van der Waals surface area contributed by atoms with E-state index >= 15 is 0 Å². The number of aromatic nitrogens is 2. The number of nitrogens with zero attached hydrogens (tertiary/aromatic N) is 3. The van der Waals surface area contributed by atoms with Gasteiger partial charge in [0, 0.05) is 12.1 Å². The lowest BCUT2D eigenvalue weighted by atomic mass is 10.2. The van der Waals surface area contributed by atoms with Gasteiger partial charge in [-0.15, -0.1) is 0 Å². The Morgan fingerprint density at radius 1 is 1.21 bits per heavy atom. The average molecular weight is 346 g/mol. The first kappa shape index (κ1) is 16.5. The summed E-state index contributed by atoms with van der Waals surface area (Å²) in [4.78, 5) is 20.8. The van der Waals surface area contributed by atoms with E-state index in [1.165, 1.54) is 16.7 Å². The summed E-state index contributed by atoms with van der Waals surface area (Å²) in [6.07, 6.45) is 5.35. The Morgan fingerprint density at radius 2 is 1.88 bits per heavy atom. The summed E-state index contributed by atoms with van der Waals surface area (Å²) in [5.74, 6) is 0.209. The number of sulfonamides is 1. The molecule has 1 aliphatic heterocycles. The van der Waals surface area contributed by atoms with Crippen LogP contribution in [0.25, 0.3) is 11.4 Å². The Bertz CT molecular complexity index is 822. The van der Waals surface area contributed by atoms with Crippen molar-refractivity contribution in [2.75, 3.05) is 18.1 Å². The molecule has 1 aromatic heterocycles. The number of hydrogen-bond donors (Lipinski definition) is 1. The van der Waals surface area contributed by atoms with Crippen LogP contribution >= 0.6 is 0 Å². The minimum Gasteiger partial charge on any atom is -0.322 e. The summed E-state index contributed by atoms with van der Waals surface area (Å²) in [6, 6.07) is 8.83. The fraction of sp³-hybridized carbons (Fsp3) is 0.312. The second-order valence-electron chi connectivity index (χ2n) is 5.68. The molecule has 24 heavy (non-hydrogen) atoms. The number of benzene rings is 1. The molecule has 1 atom stereocenters. The van der Waals surface area contributed by atoms with Crippen molar-refractivity contribution in [2.45, 2.75) is 18.9 Å². The Morgan fingerprint density at radius 3 is 2.50 bits per heavy atom. The third-order valence-corrected chi connectivity index (χ3v) is 5.17. The predicted octanol–water partition coefficient (Wildman–Crippen LogP) is 1.51. The highest BCUT2D eigenvalue weighted by molar-refractivity contribution is 7.88. The smallest absolute Gasteiger partial charge is 0.242 e. The van der Waals surface area contributed by atoms with Gasteiger partial charge in [0.15, 0.2) is 5.82 Å². The van der Waals surface area contributed by atoms with Crippen LogP contribution in [0, 0.1) is 0 Å². The number of anilines is 1. The molecule has 126 valence electrons. The van der Waals surface area contributed by atoms with Crippen LogP contribution < -0.4 is 5.32 Å². The van der Waals surface area contributed by atoms with E-state index in [0.29, 0.717) is 30.9 Å². The van der Waals surface area contributed by atoms with Gasteiger partial charge >= 0.3 is 0 Å². The summed E-state index contributed by atoms with van der Waals surface area (Å²) in [5.41, 5.74) is 1.33. The molecule has 7 nitrogen and oxygen atoms in total. The molecule has 0 radical (unpaired) electrons. The van der Waals surface area contributed by atoms with Crippen molar-refractivity contribution in [1.82, 2.24) is 14.3 Å². The predicted molar refractivity (Wildman–Crippen MR) is 90.7 cm³/mol.